The molecule has 0 spiro atoms. The van der Waals surface area contributed by atoms with Crippen LogP contribution in [0, 0.1) is 13.8 Å². The van der Waals surface area contributed by atoms with Crippen LogP contribution in [-0.4, -0.2) is 26.0 Å². The first kappa shape index (κ1) is 12.3. The minimum Gasteiger partial charge on any atom is -0.478 e. The first-order valence-electron chi connectivity index (χ1n) is 6.22. The standard InChI is InChI=1S/C15H13N3O2/c1-8-4-3-5-9(2)12(8)14-17-11-6-10(15(19)20)7-16-13(11)18-14/h3-7H,1-2H3,(H,19,20)(H,16,17,18). The monoisotopic (exact) mass is 267 g/mol. The molecule has 3 aromatic rings. The molecule has 0 aliphatic carbocycles. The number of carboxylic acid groups (broad SMARTS) is 1. The Kier molecular flexibility index (Phi) is 2.75. The smallest absolute Gasteiger partial charge is 0.337 e. The number of nitrogens with zero attached hydrogens (tertiary/aromatic N) is 2. The number of hydrogen-bond donors (Lipinski definition) is 2. The summed E-state index contributed by atoms with van der Waals surface area (Å²) in [7, 11) is 0. The van der Waals surface area contributed by atoms with E-state index in [0.29, 0.717) is 17.0 Å². The van der Waals surface area contributed by atoms with Crippen molar-refractivity contribution in [2.75, 3.05) is 0 Å². The Morgan fingerprint density at radius 2 is 1.95 bits per heavy atom. The molecule has 0 saturated heterocycles. The van der Waals surface area contributed by atoms with Gasteiger partial charge in [-0.2, -0.15) is 0 Å². The second-order valence-electron chi connectivity index (χ2n) is 4.75. The highest BCUT2D eigenvalue weighted by atomic mass is 16.4. The van der Waals surface area contributed by atoms with Crippen LogP contribution in [0.15, 0.2) is 30.5 Å². The lowest BCUT2D eigenvalue weighted by Crippen LogP contribution is -1.96. The van der Waals surface area contributed by atoms with Gasteiger partial charge >= 0.3 is 5.97 Å². The molecule has 2 aromatic heterocycles. The lowest BCUT2D eigenvalue weighted by Gasteiger charge is -2.05. The average Bonchev–Trinajstić information content (AvgIpc) is 2.80. The van der Waals surface area contributed by atoms with Gasteiger partial charge in [0.1, 0.15) is 5.82 Å². The van der Waals surface area contributed by atoms with Crippen LogP contribution in [0.1, 0.15) is 21.5 Å². The van der Waals surface area contributed by atoms with E-state index in [2.05, 4.69) is 15.0 Å². The van der Waals surface area contributed by atoms with Crippen LogP contribution in [0.4, 0.5) is 0 Å². The maximum atomic E-state index is 11.0. The average molecular weight is 267 g/mol. The number of rotatable bonds is 2. The van der Waals surface area contributed by atoms with Gasteiger partial charge in [-0.05, 0) is 31.0 Å². The molecule has 0 atom stereocenters. The normalized spacial score (nSPS) is 10.9. The number of aromatic carboxylic acids is 1. The molecule has 0 unspecified atom stereocenters. The highest BCUT2D eigenvalue weighted by Crippen LogP contribution is 2.26. The van der Waals surface area contributed by atoms with E-state index < -0.39 is 5.97 Å². The fraction of sp³-hybridized carbons (Fsp3) is 0.133. The molecule has 0 fully saturated rings. The van der Waals surface area contributed by atoms with Gasteiger partial charge in [0, 0.05) is 11.8 Å². The molecule has 3 rings (SSSR count). The van der Waals surface area contributed by atoms with Crippen molar-refractivity contribution < 1.29 is 9.90 Å². The number of fused-ring (bicyclic) bond motifs is 1. The maximum Gasteiger partial charge on any atom is 0.337 e. The number of H-pyrrole nitrogens is 1. The van der Waals surface area contributed by atoms with E-state index in [9.17, 15) is 4.79 Å². The number of benzene rings is 1. The fourth-order valence-corrected chi connectivity index (χ4v) is 2.32. The minimum atomic E-state index is -0.998. The van der Waals surface area contributed by atoms with Gasteiger partial charge in [0.2, 0.25) is 0 Å². The van der Waals surface area contributed by atoms with E-state index in [1.165, 1.54) is 6.20 Å². The number of carbonyl (C=O) groups is 1. The van der Waals surface area contributed by atoms with Gasteiger partial charge in [-0.25, -0.2) is 14.8 Å². The number of aromatic nitrogens is 3. The molecule has 1 aromatic carbocycles. The second kappa shape index (κ2) is 4.45. The van der Waals surface area contributed by atoms with Crippen LogP contribution < -0.4 is 0 Å². The fourth-order valence-electron chi connectivity index (χ4n) is 2.32. The summed E-state index contributed by atoms with van der Waals surface area (Å²) >= 11 is 0. The molecule has 2 N–H and O–H groups in total. The molecule has 0 amide bonds. The third-order valence-electron chi connectivity index (χ3n) is 3.30. The van der Waals surface area contributed by atoms with E-state index in [1.807, 2.05) is 32.0 Å². The van der Waals surface area contributed by atoms with Crippen LogP contribution in [0.2, 0.25) is 0 Å². The molecule has 0 radical (unpaired) electrons. The van der Waals surface area contributed by atoms with Gasteiger partial charge in [-0.3, -0.25) is 0 Å². The van der Waals surface area contributed by atoms with E-state index in [-0.39, 0.29) is 5.56 Å². The summed E-state index contributed by atoms with van der Waals surface area (Å²) in [6, 6.07) is 7.59. The van der Waals surface area contributed by atoms with E-state index >= 15 is 0 Å². The molecular formula is C15H13N3O2. The van der Waals surface area contributed by atoms with Gasteiger partial charge in [0.25, 0.3) is 0 Å². The first-order valence-corrected chi connectivity index (χ1v) is 6.22. The Labute approximate surface area is 115 Å². The predicted molar refractivity (Wildman–Crippen MR) is 75.8 cm³/mol. The second-order valence-corrected chi connectivity index (χ2v) is 4.75. The predicted octanol–water partition coefficient (Wildman–Crippen LogP) is 2.94. The van der Waals surface area contributed by atoms with Gasteiger partial charge < -0.3 is 10.1 Å². The van der Waals surface area contributed by atoms with Crippen molar-refractivity contribution in [2.45, 2.75) is 13.8 Å². The van der Waals surface area contributed by atoms with Crippen LogP contribution in [0.25, 0.3) is 22.6 Å². The highest BCUT2D eigenvalue weighted by molar-refractivity contribution is 5.91. The van der Waals surface area contributed by atoms with E-state index in [0.717, 1.165) is 16.7 Å². The summed E-state index contributed by atoms with van der Waals surface area (Å²) < 4.78 is 0. The number of aromatic amines is 1. The molecule has 0 saturated carbocycles. The van der Waals surface area contributed by atoms with Gasteiger partial charge in [-0.15, -0.1) is 0 Å². The van der Waals surface area contributed by atoms with Crippen molar-refractivity contribution in [1.29, 1.82) is 0 Å². The molecule has 0 bridgehead atoms. The topological polar surface area (TPSA) is 78.9 Å². The van der Waals surface area contributed by atoms with Crippen molar-refractivity contribution >= 4 is 17.1 Å². The van der Waals surface area contributed by atoms with Crippen molar-refractivity contribution in [3.8, 4) is 11.4 Å². The molecule has 100 valence electrons. The number of pyridine rings is 1. The maximum absolute atomic E-state index is 11.0. The van der Waals surface area contributed by atoms with Crippen LogP contribution in [0.3, 0.4) is 0 Å². The quantitative estimate of drug-likeness (QED) is 0.748. The zero-order valence-electron chi connectivity index (χ0n) is 11.1. The zero-order chi connectivity index (χ0) is 14.3. The van der Waals surface area contributed by atoms with Gasteiger partial charge in [-0.1, -0.05) is 18.2 Å². The third kappa shape index (κ3) is 1.93. The van der Waals surface area contributed by atoms with Crippen LogP contribution >= 0.6 is 0 Å². The molecule has 0 aliphatic heterocycles. The zero-order valence-corrected chi connectivity index (χ0v) is 11.1. The number of imidazole rings is 1. The van der Waals surface area contributed by atoms with E-state index in [4.69, 9.17) is 5.11 Å². The Bertz CT molecular complexity index is 801. The summed E-state index contributed by atoms with van der Waals surface area (Å²) in [5.74, 6) is -0.284. The Balaban J connectivity index is 2.21. The third-order valence-corrected chi connectivity index (χ3v) is 3.30. The number of nitrogens with one attached hydrogen (secondary N) is 1. The molecule has 0 aliphatic rings. The lowest BCUT2D eigenvalue weighted by molar-refractivity contribution is 0.0696. The Morgan fingerprint density at radius 1 is 1.25 bits per heavy atom. The van der Waals surface area contributed by atoms with Gasteiger partial charge in [0.15, 0.2) is 5.65 Å². The first-order chi connectivity index (χ1) is 9.56. The molecular weight excluding hydrogens is 254 g/mol. The highest BCUT2D eigenvalue weighted by Gasteiger charge is 2.12. The van der Waals surface area contributed by atoms with Crippen molar-refractivity contribution in [3.63, 3.8) is 0 Å². The molecule has 5 nitrogen and oxygen atoms in total. The Morgan fingerprint density at radius 3 is 2.60 bits per heavy atom. The lowest BCUT2D eigenvalue weighted by atomic mass is 10.0. The summed E-state index contributed by atoms with van der Waals surface area (Å²) in [5, 5.41) is 8.98. The molecule has 2 heterocycles. The number of carboxylic acids is 1. The van der Waals surface area contributed by atoms with Gasteiger partial charge in [0.05, 0.1) is 11.1 Å². The Hall–Kier alpha value is -2.69. The van der Waals surface area contributed by atoms with Crippen LogP contribution in [0.5, 0.6) is 0 Å². The van der Waals surface area contributed by atoms with E-state index in [1.54, 1.807) is 6.07 Å². The number of aryl methyl sites for hydroxylation is 2. The van der Waals surface area contributed by atoms with Crippen molar-refractivity contribution in [2.24, 2.45) is 0 Å². The minimum absolute atomic E-state index is 0.147. The largest absolute Gasteiger partial charge is 0.478 e. The summed E-state index contributed by atoms with van der Waals surface area (Å²) in [6.45, 7) is 4.04. The van der Waals surface area contributed by atoms with Crippen LogP contribution in [-0.2, 0) is 0 Å². The summed E-state index contributed by atoms with van der Waals surface area (Å²) in [6.07, 6.45) is 1.32. The number of hydrogen-bond acceptors (Lipinski definition) is 3. The van der Waals surface area contributed by atoms with Crippen molar-refractivity contribution in [3.05, 3.63) is 47.2 Å². The summed E-state index contributed by atoms with van der Waals surface area (Å²) in [5.41, 5.74) is 4.55. The SMILES string of the molecule is Cc1cccc(C)c1-c1nc2ncc(C(=O)O)cc2[nH]1. The molecule has 20 heavy (non-hydrogen) atoms. The summed E-state index contributed by atoms with van der Waals surface area (Å²) in [4.78, 5) is 22.6. The van der Waals surface area contributed by atoms with Crippen molar-refractivity contribution in [1.82, 2.24) is 15.0 Å². The molecule has 5 heteroatoms.